The molecule has 1 heterocycles. The Morgan fingerprint density at radius 1 is 1.33 bits per heavy atom. The van der Waals surface area contributed by atoms with E-state index in [1.165, 1.54) is 16.9 Å². The number of aryl methyl sites for hydroxylation is 2. The minimum atomic E-state index is -0.107. The predicted molar refractivity (Wildman–Crippen MR) is 89.0 cm³/mol. The minimum absolute atomic E-state index is 0. The van der Waals surface area contributed by atoms with Gasteiger partial charge in [-0.05, 0) is 43.0 Å². The number of nitrogen functional groups attached to an aromatic ring is 1. The summed E-state index contributed by atoms with van der Waals surface area (Å²) in [4.78, 5) is 14.4. The molecule has 0 bridgehead atoms. The summed E-state index contributed by atoms with van der Waals surface area (Å²) < 4.78 is 5.14. The molecule has 0 atom stereocenters. The molecule has 0 spiro atoms. The highest BCUT2D eigenvalue weighted by Crippen LogP contribution is 2.32. The van der Waals surface area contributed by atoms with E-state index in [1.54, 1.807) is 36.6 Å². The molecule has 0 fully saturated rings. The number of amides is 1. The van der Waals surface area contributed by atoms with Gasteiger partial charge in [-0.1, -0.05) is 0 Å². The molecule has 3 N–H and O–H groups in total. The van der Waals surface area contributed by atoms with Gasteiger partial charge >= 0.3 is 0 Å². The van der Waals surface area contributed by atoms with Crippen molar-refractivity contribution in [2.45, 2.75) is 19.3 Å². The number of rotatable bonds is 3. The van der Waals surface area contributed by atoms with Crippen LogP contribution in [0.25, 0.3) is 0 Å². The second kappa shape index (κ2) is 6.37. The van der Waals surface area contributed by atoms with E-state index < -0.39 is 0 Å². The highest BCUT2D eigenvalue weighted by atomic mass is 35.5. The number of fused-ring (bicyclic) bond motifs is 1. The Balaban J connectivity index is 0.00000161. The fourth-order valence-electron chi connectivity index (χ4n) is 2.40. The second-order valence-electron chi connectivity index (χ2n) is 4.82. The maximum absolute atomic E-state index is 12.3. The summed E-state index contributed by atoms with van der Waals surface area (Å²) in [5, 5.41) is 2.86. The molecule has 21 heavy (non-hydrogen) atoms. The lowest BCUT2D eigenvalue weighted by Gasteiger charge is -2.09. The van der Waals surface area contributed by atoms with Gasteiger partial charge in [0.1, 0.15) is 5.75 Å². The van der Waals surface area contributed by atoms with Crippen molar-refractivity contribution in [3.8, 4) is 5.75 Å². The molecular weight excluding hydrogens is 308 g/mol. The van der Waals surface area contributed by atoms with Gasteiger partial charge in [-0.2, -0.15) is 0 Å². The van der Waals surface area contributed by atoms with Gasteiger partial charge in [0, 0.05) is 10.9 Å². The third-order valence-corrected chi connectivity index (χ3v) is 4.71. The van der Waals surface area contributed by atoms with E-state index in [0.717, 1.165) is 17.7 Å². The van der Waals surface area contributed by atoms with Gasteiger partial charge in [-0.3, -0.25) is 4.79 Å². The van der Waals surface area contributed by atoms with Crippen molar-refractivity contribution in [1.82, 2.24) is 0 Å². The summed E-state index contributed by atoms with van der Waals surface area (Å²) >= 11 is 1.58. The number of carbonyl (C=O) groups is 1. The Morgan fingerprint density at radius 2 is 2.14 bits per heavy atom. The quantitative estimate of drug-likeness (QED) is 0.849. The minimum Gasteiger partial charge on any atom is -0.497 e. The lowest BCUT2D eigenvalue weighted by Crippen LogP contribution is -2.11. The van der Waals surface area contributed by atoms with Crippen LogP contribution in [0.5, 0.6) is 5.75 Å². The van der Waals surface area contributed by atoms with E-state index in [4.69, 9.17) is 10.5 Å². The summed E-state index contributed by atoms with van der Waals surface area (Å²) in [6.07, 6.45) is 3.38. The number of anilines is 2. The Kier molecular flexibility index (Phi) is 4.75. The standard InChI is InChI=1S/C15H16N2O2S.ClH/c1-19-10-5-6-11(16)12(8-10)17-15(18)14-7-9-3-2-4-13(9)20-14;/h5-8H,2-4,16H2,1H3,(H,17,18);1H. The van der Waals surface area contributed by atoms with Crippen LogP contribution in [-0.4, -0.2) is 13.0 Å². The van der Waals surface area contributed by atoms with E-state index in [9.17, 15) is 4.79 Å². The molecule has 2 aromatic rings. The van der Waals surface area contributed by atoms with Crippen LogP contribution in [0, 0.1) is 0 Å². The van der Waals surface area contributed by atoms with Gasteiger partial charge < -0.3 is 15.8 Å². The number of hydrogen-bond acceptors (Lipinski definition) is 4. The molecule has 1 aromatic carbocycles. The van der Waals surface area contributed by atoms with Gasteiger partial charge in [-0.15, -0.1) is 23.7 Å². The summed E-state index contributed by atoms with van der Waals surface area (Å²) in [5.74, 6) is 0.563. The lowest BCUT2D eigenvalue weighted by molar-refractivity contribution is 0.103. The fourth-order valence-corrected chi connectivity index (χ4v) is 3.54. The number of thiophene rings is 1. The first-order valence-corrected chi connectivity index (χ1v) is 7.35. The van der Waals surface area contributed by atoms with Crippen molar-refractivity contribution >= 4 is 41.0 Å². The molecule has 112 valence electrons. The van der Waals surface area contributed by atoms with Gasteiger partial charge in [0.15, 0.2) is 0 Å². The molecule has 1 aliphatic carbocycles. The molecule has 3 rings (SSSR count). The molecule has 0 unspecified atom stereocenters. The van der Waals surface area contributed by atoms with E-state index in [-0.39, 0.29) is 18.3 Å². The van der Waals surface area contributed by atoms with Gasteiger partial charge in [0.2, 0.25) is 0 Å². The number of nitrogens with two attached hydrogens (primary N) is 1. The van der Waals surface area contributed by atoms with Crippen LogP contribution in [0.1, 0.15) is 26.5 Å². The summed E-state index contributed by atoms with van der Waals surface area (Å²) in [5.41, 5.74) is 8.31. The highest BCUT2D eigenvalue weighted by Gasteiger charge is 2.19. The number of methoxy groups -OCH3 is 1. The molecule has 0 saturated carbocycles. The normalized spacial score (nSPS) is 12.4. The SMILES string of the molecule is COc1ccc(N)c(NC(=O)c2cc3c(s2)CCC3)c1.Cl. The molecule has 1 amide bonds. The number of benzene rings is 1. The van der Waals surface area contributed by atoms with Crippen LogP contribution >= 0.6 is 23.7 Å². The molecule has 4 nitrogen and oxygen atoms in total. The maximum atomic E-state index is 12.3. The summed E-state index contributed by atoms with van der Waals surface area (Å²) in [6.45, 7) is 0. The predicted octanol–water partition coefficient (Wildman–Crippen LogP) is 3.50. The number of hydrogen-bond donors (Lipinski definition) is 2. The van der Waals surface area contributed by atoms with Crippen LogP contribution in [0.15, 0.2) is 24.3 Å². The van der Waals surface area contributed by atoms with Crippen LogP contribution in [0.3, 0.4) is 0 Å². The van der Waals surface area contributed by atoms with Gasteiger partial charge in [0.05, 0.1) is 23.4 Å². The largest absolute Gasteiger partial charge is 0.497 e. The molecule has 1 aliphatic rings. The average Bonchev–Trinajstić information content (AvgIpc) is 3.02. The molecule has 6 heteroatoms. The first-order chi connectivity index (χ1) is 9.67. The van der Waals surface area contributed by atoms with Crippen molar-refractivity contribution in [1.29, 1.82) is 0 Å². The van der Waals surface area contributed by atoms with Crippen molar-refractivity contribution in [2.24, 2.45) is 0 Å². The van der Waals surface area contributed by atoms with Crippen LogP contribution in [0.4, 0.5) is 11.4 Å². The molecule has 1 aromatic heterocycles. The fraction of sp³-hybridized carbons (Fsp3) is 0.267. The smallest absolute Gasteiger partial charge is 0.265 e. The number of ether oxygens (including phenoxy) is 1. The van der Waals surface area contributed by atoms with E-state index in [2.05, 4.69) is 5.32 Å². The Morgan fingerprint density at radius 3 is 2.86 bits per heavy atom. The molecule has 0 aliphatic heterocycles. The molecule has 0 saturated heterocycles. The van der Waals surface area contributed by atoms with E-state index in [1.807, 2.05) is 6.07 Å². The zero-order chi connectivity index (χ0) is 14.1. The summed E-state index contributed by atoms with van der Waals surface area (Å²) in [7, 11) is 1.58. The Labute approximate surface area is 133 Å². The zero-order valence-corrected chi connectivity index (χ0v) is 13.3. The van der Waals surface area contributed by atoms with Crippen molar-refractivity contribution in [3.63, 3.8) is 0 Å². The average molecular weight is 325 g/mol. The summed E-state index contributed by atoms with van der Waals surface area (Å²) in [6, 6.07) is 7.22. The third-order valence-electron chi connectivity index (χ3n) is 3.48. The second-order valence-corrected chi connectivity index (χ2v) is 5.96. The monoisotopic (exact) mass is 324 g/mol. The van der Waals surface area contributed by atoms with Crippen molar-refractivity contribution in [3.05, 3.63) is 39.6 Å². The first-order valence-electron chi connectivity index (χ1n) is 6.54. The van der Waals surface area contributed by atoms with Crippen molar-refractivity contribution in [2.75, 3.05) is 18.2 Å². The molecular formula is C15H17ClN2O2S. The lowest BCUT2D eigenvalue weighted by atomic mass is 10.2. The van der Waals surface area contributed by atoms with Crippen LogP contribution in [-0.2, 0) is 12.8 Å². The van der Waals surface area contributed by atoms with Gasteiger partial charge in [-0.25, -0.2) is 0 Å². The maximum Gasteiger partial charge on any atom is 0.265 e. The number of halogens is 1. The van der Waals surface area contributed by atoms with Gasteiger partial charge in [0.25, 0.3) is 5.91 Å². The van der Waals surface area contributed by atoms with Crippen LogP contribution in [0.2, 0.25) is 0 Å². The number of carbonyl (C=O) groups excluding carboxylic acids is 1. The van der Waals surface area contributed by atoms with E-state index >= 15 is 0 Å². The zero-order valence-electron chi connectivity index (χ0n) is 11.6. The highest BCUT2D eigenvalue weighted by molar-refractivity contribution is 7.14. The van der Waals surface area contributed by atoms with Crippen LogP contribution < -0.4 is 15.8 Å². The number of nitrogens with one attached hydrogen (secondary N) is 1. The topological polar surface area (TPSA) is 64.3 Å². The first kappa shape index (κ1) is 15.7. The van der Waals surface area contributed by atoms with Crippen molar-refractivity contribution < 1.29 is 9.53 Å². The Hall–Kier alpha value is -1.72. The third kappa shape index (κ3) is 3.14. The Bertz CT molecular complexity index is 648. The molecule has 0 radical (unpaired) electrons. The van der Waals surface area contributed by atoms with E-state index in [0.29, 0.717) is 17.1 Å².